The number of nitrogens with zero attached hydrogens (tertiary/aromatic N) is 2. The standard InChI is InChI=1S/C25H27N3O4/c1-30-19-10-12-24(32-3)21(15-19)26-25(29)28-14-13-27(17-18-7-5-4-6-8-18)23-16-20(31-2)9-11-22(23)28/h4-12,15-16H,13-14,17H2,1-3H3,(H,26,29). The molecule has 3 aromatic carbocycles. The maximum absolute atomic E-state index is 13.3. The SMILES string of the molecule is COc1ccc(OC)c(NC(=O)N2CCN(Cc3ccccc3)c3cc(OC)ccc32)c1. The van der Waals surface area contributed by atoms with Gasteiger partial charge in [0.2, 0.25) is 0 Å². The Bertz CT molecular complexity index is 1090. The van der Waals surface area contributed by atoms with Crippen molar-refractivity contribution >= 4 is 23.1 Å². The molecule has 166 valence electrons. The third kappa shape index (κ3) is 4.42. The lowest BCUT2D eigenvalue weighted by atomic mass is 10.1. The molecule has 0 aromatic heterocycles. The highest BCUT2D eigenvalue weighted by molar-refractivity contribution is 6.05. The molecule has 0 bridgehead atoms. The van der Waals surface area contributed by atoms with Crippen LogP contribution in [0.5, 0.6) is 17.2 Å². The molecule has 0 aliphatic carbocycles. The van der Waals surface area contributed by atoms with Crippen LogP contribution in [0.15, 0.2) is 66.7 Å². The summed E-state index contributed by atoms with van der Waals surface area (Å²) >= 11 is 0. The molecule has 0 atom stereocenters. The van der Waals surface area contributed by atoms with Gasteiger partial charge in [-0.2, -0.15) is 0 Å². The minimum Gasteiger partial charge on any atom is -0.497 e. The molecule has 4 rings (SSSR count). The van der Waals surface area contributed by atoms with Crippen molar-refractivity contribution < 1.29 is 19.0 Å². The maximum atomic E-state index is 13.3. The summed E-state index contributed by atoms with van der Waals surface area (Å²) in [4.78, 5) is 17.3. The molecule has 3 aromatic rings. The van der Waals surface area contributed by atoms with Gasteiger partial charge in [0.25, 0.3) is 0 Å². The Morgan fingerprint density at radius 3 is 2.28 bits per heavy atom. The first-order valence-corrected chi connectivity index (χ1v) is 10.4. The molecular weight excluding hydrogens is 406 g/mol. The average molecular weight is 434 g/mol. The second-order valence-corrected chi connectivity index (χ2v) is 7.41. The maximum Gasteiger partial charge on any atom is 0.326 e. The van der Waals surface area contributed by atoms with Gasteiger partial charge < -0.3 is 24.4 Å². The van der Waals surface area contributed by atoms with Crippen molar-refractivity contribution in [2.45, 2.75) is 6.54 Å². The van der Waals surface area contributed by atoms with Crippen LogP contribution in [0.3, 0.4) is 0 Å². The average Bonchev–Trinajstić information content (AvgIpc) is 2.84. The Labute approximate surface area is 188 Å². The van der Waals surface area contributed by atoms with E-state index in [0.717, 1.165) is 23.7 Å². The first-order chi connectivity index (χ1) is 15.6. The normalized spacial score (nSPS) is 12.7. The molecule has 1 N–H and O–H groups in total. The Balaban J connectivity index is 1.62. The van der Waals surface area contributed by atoms with Gasteiger partial charge in [-0.1, -0.05) is 30.3 Å². The monoisotopic (exact) mass is 433 g/mol. The van der Waals surface area contributed by atoms with Crippen LogP contribution in [-0.4, -0.2) is 40.5 Å². The molecule has 7 heteroatoms. The van der Waals surface area contributed by atoms with Crippen molar-refractivity contribution in [3.05, 3.63) is 72.3 Å². The Morgan fingerprint density at radius 1 is 0.844 bits per heavy atom. The molecular formula is C25H27N3O4. The van der Waals surface area contributed by atoms with E-state index in [9.17, 15) is 4.79 Å². The van der Waals surface area contributed by atoms with Crippen molar-refractivity contribution in [3.63, 3.8) is 0 Å². The fraction of sp³-hybridized carbons (Fsp3) is 0.240. The van der Waals surface area contributed by atoms with E-state index in [-0.39, 0.29) is 6.03 Å². The van der Waals surface area contributed by atoms with Gasteiger partial charge in [0.05, 0.1) is 38.4 Å². The van der Waals surface area contributed by atoms with Gasteiger partial charge in [-0.25, -0.2) is 4.79 Å². The molecule has 7 nitrogen and oxygen atoms in total. The largest absolute Gasteiger partial charge is 0.497 e. The van der Waals surface area contributed by atoms with E-state index in [1.54, 1.807) is 44.4 Å². The van der Waals surface area contributed by atoms with Gasteiger partial charge >= 0.3 is 6.03 Å². The summed E-state index contributed by atoms with van der Waals surface area (Å²) in [5.74, 6) is 1.95. The van der Waals surface area contributed by atoms with E-state index < -0.39 is 0 Å². The number of hydrogen-bond donors (Lipinski definition) is 1. The van der Waals surface area contributed by atoms with E-state index in [1.165, 1.54) is 5.56 Å². The van der Waals surface area contributed by atoms with Gasteiger partial charge in [0.15, 0.2) is 0 Å². The number of nitrogens with one attached hydrogen (secondary N) is 1. The second kappa shape index (κ2) is 9.51. The predicted molar refractivity (Wildman–Crippen MR) is 126 cm³/mol. The van der Waals surface area contributed by atoms with Crippen LogP contribution >= 0.6 is 0 Å². The number of methoxy groups -OCH3 is 3. The van der Waals surface area contributed by atoms with Crippen LogP contribution in [0.2, 0.25) is 0 Å². The van der Waals surface area contributed by atoms with Crippen molar-refractivity contribution in [2.75, 3.05) is 49.5 Å². The molecule has 0 radical (unpaired) electrons. The van der Waals surface area contributed by atoms with Crippen LogP contribution in [0.25, 0.3) is 0 Å². The fourth-order valence-corrected chi connectivity index (χ4v) is 3.85. The lowest BCUT2D eigenvalue weighted by Gasteiger charge is -2.38. The van der Waals surface area contributed by atoms with Gasteiger partial charge in [-0.3, -0.25) is 4.90 Å². The molecule has 2 amide bonds. The molecule has 0 fully saturated rings. The summed E-state index contributed by atoms with van der Waals surface area (Å²) in [5, 5.41) is 2.97. The van der Waals surface area contributed by atoms with E-state index in [0.29, 0.717) is 30.3 Å². The summed E-state index contributed by atoms with van der Waals surface area (Å²) < 4.78 is 16.1. The molecule has 1 heterocycles. The summed E-state index contributed by atoms with van der Waals surface area (Å²) in [6.45, 7) is 1.99. The second-order valence-electron chi connectivity index (χ2n) is 7.41. The number of carbonyl (C=O) groups is 1. The minimum absolute atomic E-state index is 0.234. The van der Waals surface area contributed by atoms with E-state index in [2.05, 4.69) is 22.3 Å². The zero-order valence-electron chi connectivity index (χ0n) is 18.5. The molecule has 0 saturated heterocycles. The Kier molecular flexibility index (Phi) is 6.35. The minimum atomic E-state index is -0.234. The third-order valence-corrected chi connectivity index (χ3v) is 5.52. The van der Waals surface area contributed by atoms with Crippen molar-refractivity contribution in [3.8, 4) is 17.2 Å². The molecule has 1 aliphatic rings. The van der Waals surface area contributed by atoms with Crippen LogP contribution in [0.4, 0.5) is 21.9 Å². The van der Waals surface area contributed by atoms with Crippen molar-refractivity contribution in [1.82, 2.24) is 0 Å². The van der Waals surface area contributed by atoms with Crippen molar-refractivity contribution in [2.24, 2.45) is 0 Å². The summed E-state index contributed by atoms with van der Waals surface area (Å²) in [7, 11) is 4.80. The smallest absolute Gasteiger partial charge is 0.326 e. The Morgan fingerprint density at radius 2 is 1.56 bits per heavy atom. The molecule has 0 spiro atoms. The summed E-state index contributed by atoms with van der Waals surface area (Å²) in [6.07, 6.45) is 0. The number of anilines is 3. The third-order valence-electron chi connectivity index (χ3n) is 5.52. The van der Waals surface area contributed by atoms with Crippen LogP contribution in [0, 0.1) is 0 Å². The number of benzene rings is 3. The highest BCUT2D eigenvalue weighted by Gasteiger charge is 2.28. The van der Waals surface area contributed by atoms with E-state index in [1.807, 2.05) is 36.4 Å². The zero-order chi connectivity index (χ0) is 22.5. The number of ether oxygens (including phenoxy) is 3. The lowest BCUT2D eigenvalue weighted by Crippen LogP contribution is -2.45. The highest BCUT2D eigenvalue weighted by atomic mass is 16.5. The first kappa shape index (κ1) is 21.4. The topological polar surface area (TPSA) is 63.3 Å². The quantitative estimate of drug-likeness (QED) is 0.607. The summed E-state index contributed by atoms with van der Waals surface area (Å²) in [6, 6.07) is 21.1. The lowest BCUT2D eigenvalue weighted by molar-refractivity contribution is 0.256. The Hall–Kier alpha value is -3.87. The number of amides is 2. The van der Waals surface area contributed by atoms with Gasteiger partial charge in [-0.15, -0.1) is 0 Å². The number of urea groups is 1. The number of carbonyl (C=O) groups excluding carboxylic acids is 1. The fourth-order valence-electron chi connectivity index (χ4n) is 3.85. The first-order valence-electron chi connectivity index (χ1n) is 10.4. The van der Waals surface area contributed by atoms with E-state index >= 15 is 0 Å². The van der Waals surface area contributed by atoms with Gasteiger partial charge in [0.1, 0.15) is 17.2 Å². The number of fused-ring (bicyclic) bond motifs is 1. The molecule has 0 unspecified atom stereocenters. The predicted octanol–water partition coefficient (Wildman–Crippen LogP) is 4.77. The molecule has 0 saturated carbocycles. The number of hydrogen-bond acceptors (Lipinski definition) is 5. The van der Waals surface area contributed by atoms with Crippen LogP contribution < -0.4 is 29.3 Å². The highest BCUT2D eigenvalue weighted by Crippen LogP contribution is 2.38. The van der Waals surface area contributed by atoms with E-state index in [4.69, 9.17) is 14.2 Å². The molecule has 32 heavy (non-hydrogen) atoms. The zero-order valence-corrected chi connectivity index (χ0v) is 18.5. The summed E-state index contributed by atoms with van der Waals surface area (Å²) in [5.41, 5.74) is 3.54. The van der Waals surface area contributed by atoms with Crippen LogP contribution in [0.1, 0.15) is 5.56 Å². The van der Waals surface area contributed by atoms with Crippen LogP contribution in [-0.2, 0) is 6.54 Å². The number of rotatable bonds is 6. The van der Waals surface area contributed by atoms with Gasteiger partial charge in [-0.05, 0) is 29.8 Å². The molecule has 1 aliphatic heterocycles. The van der Waals surface area contributed by atoms with Gasteiger partial charge in [0, 0.05) is 31.8 Å². The van der Waals surface area contributed by atoms with Crippen molar-refractivity contribution in [1.29, 1.82) is 0 Å².